The van der Waals surface area contributed by atoms with Crippen LogP contribution in [0, 0.1) is 6.92 Å². The van der Waals surface area contributed by atoms with E-state index >= 15 is 0 Å². The van der Waals surface area contributed by atoms with Crippen LogP contribution in [-0.2, 0) is 7.05 Å². The minimum Gasteiger partial charge on any atom is -0.318 e. The van der Waals surface area contributed by atoms with E-state index in [2.05, 4.69) is 47.1 Å². The lowest BCUT2D eigenvalue weighted by Crippen LogP contribution is -2.29. The predicted octanol–water partition coefficient (Wildman–Crippen LogP) is 5.44. The molecule has 8 heteroatoms. The average Bonchev–Trinajstić information content (AvgIpc) is 3.29. The zero-order valence-electron chi connectivity index (χ0n) is 21.0. The highest BCUT2D eigenvalue weighted by Gasteiger charge is 2.19. The summed E-state index contributed by atoms with van der Waals surface area (Å²) >= 11 is 1.62. The van der Waals surface area contributed by atoms with Crippen molar-refractivity contribution >= 4 is 33.2 Å². The van der Waals surface area contributed by atoms with Crippen LogP contribution in [0.25, 0.3) is 20.7 Å². The molecule has 5 rings (SSSR count). The van der Waals surface area contributed by atoms with Crippen molar-refractivity contribution in [3.8, 4) is 10.6 Å². The van der Waals surface area contributed by atoms with E-state index in [9.17, 15) is 4.79 Å². The molecule has 1 N–H and O–H groups in total. The molecule has 4 aromatic rings. The molecule has 0 aromatic carbocycles. The van der Waals surface area contributed by atoms with Gasteiger partial charge in [0.2, 0.25) is 5.95 Å². The van der Waals surface area contributed by atoms with Crippen LogP contribution in [0.15, 0.2) is 41.6 Å². The maximum Gasteiger partial charge on any atom is 0.259 e. The lowest BCUT2D eigenvalue weighted by Gasteiger charge is -2.29. The van der Waals surface area contributed by atoms with Gasteiger partial charge in [-0.15, -0.1) is 11.3 Å². The Bertz CT molecular complexity index is 1410. The SMILES string of the molecule is Cc1cnc(Nc2ccc(C3CCN(C)CC3)cn2)nc1-c1cc2c(=O)n(C)cc(C(C)C)c2s1. The Kier molecular flexibility index (Phi) is 6.42. The molecule has 0 atom stereocenters. The molecule has 182 valence electrons. The third kappa shape index (κ3) is 4.73. The van der Waals surface area contributed by atoms with E-state index in [4.69, 9.17) is 4.98 Å². The van der Waals surface area contributed by atoms with Crippen molar-refractivity contribution in [1.29, 1.82) is 0 Å². The molecule has 35 heavy (non-hydrogen) atoms. The van der Waals surface area contributed by atoms with E-state index in [-0.39, 0.29) is 5.56 Å². The van der Waals surface area contributed by atoms with Gasteiger partial charge >= 0.3 is 0 Å². The predicted molar refractivity (Wildman–Crippen MR) is 144 cm³/mol. The summed E-state index contributed by atoms with van der Waals surface area (Å²) < 4.78 is 2.71. The van der Waals surface area contributed by atoms with Gasteiger partial charge in [0.1, 0.15) is 5.82 Å². The Morgan fingerprint density at radius 2 is 1.89 bits per heavy atom. The average molecular weight is 489 g/mol. The maximum atomic E-state index is 12.8. The van der Waals surface area contributed by atoms with Gasteiger partial charge in [-0.1, -0.05) is 19.9 Å². The minimum atomic E-state index is 0.0193. The first kappa shape index (κ1) is 23.6. The summed E-state index contributed by atoms with van der Waals surface area (Å²) in [6.45, 7) is 8.57. The first-order chi connectivity index (χ1) is 16.8. The Morgan fingerprint density at radius 3 is 2.57 bits per heavy atom. The second kappa shape index (κ2) is 9.51. The van der Waals surface area contributed by atoms with E-state index < -0.39 is 0 Å². The molecule has 1 saturated heterocycles. The van der Waals surface area contributed by atoms with Crippen LogP contribution in [0.5, 0.6) is 0 Å². The molecular weight excluding hydrogens is 456 g/mol. The number of aromatic nitrogens is 4. The summed E-state index contributed by atoms with van der Waals surface area (Å²) in [5.41, 5.74) is 4.30. The highest BCUT2D eigenvalue weighted by atomic mass is 32.1. The summed E-state index contributed by atoms with van der Waals surface area (Å²) in [5, 5.41) is 4.01. The maximum absolute atomic E-state index is 12.8. The molecule has 1 fully saturated rings. The van der Waals surface area contributed by atoms with Crippen molar-refractivity contribution in [2.24, 2.45) is 7.05 Å². The number of anilines is 2. The third-order valence-electron chi connectivity index (χ3n) is 6.92. The fourth-order valence-electron chi connectivity index (χ4n) is 4.74. The molecule has 0 aliphatic carbocycles. The standard InChI is InChI=1S/C27H32N6OS/c1-16(2)21-15-33(5)26(34)20-12-22(35-25(20)21)24-17(3)13-29-27(31-24)30-23-7-6-19(14-28-23)18-8-10-32(4)11-9-18/h6-7,12-16,18H,8-11H2,1-5H3,(H,28,29,30,31). The van der Waals surface area contributed by atoms with Crippen LogP contribution in [-0.4, -0.2) is 44.6 Å². The summed E-state index contributed by atoms with van der Waals surface area (Å²) in [4.78, 5) is 30.1. The lowest BCUT2D eigenvalue weighted by atomic mass is 9.91. The van der Waals surface area contributed by atoms with Gasteiger partial charge in [0.25, 0.3) is 5.56 Å². The van der Waals surface area contributed by atoms with Crippen molar-refractivity contribution in [1.82, 2.24) is 24.4 Å². The molecule has 0 radical (unpaired) electrons. The topological polar surface area (TPSA) is 75.9 Å². The van der Waals surface area contributed by atoms with Gasteiger partial charge in [0, 0.05) is 30.3 Å². The molecule has 0 unspecified atom stereocenters. The van der Waals surface area contributed by atoms with Gasteiger partial charge < -0.3 is 14.8 Å². The van der Waals surface area contributed by atoms with Gasteiger partial charge in [0.15, 0.2) is 0 Å². The highest BCUT2D eigenvalue weighted by molar-refractivity contribution is 7.22. The zero-order chi connectivity index (χ0) is 24.7. The molecule has 0 amide bonds. The van der Waals surface area contributed by atoms with Crippen molar-refractivity contribution in [3.63, 3.8) is 0 Å². The summed E-state index contributed by atoms with van der Waals surface area (Å²) in [7, 11) is 3.99. The largest absolute Gasteiger partial charge is 0.318 e. The molecule has 5 heterocycles. The number of nitrogens with one attached hydrogen (secondary N) is 1. The molecule has 1 aliphatic heterocycles. The second-order valence-corrected chi connectivity index (χ2v) is 11.0. The number of pyridine rings is 2. The number of thiophene rings is 1. The van der Waals surface area contributed by atoms with Crippen molar-refractivity contribution < 1.29 is 0 Å². The Morgan fingerprint density at radius 1 is 1.11 bits per heavy atom. The van der Waals surface area contributed by atoms with Gasteiger partial charge in [0.05, 0.1) is 16.0 Å². The third-order valence-corrected chi connectivity index (χ3v) is 8.11. The number of likely N-dealkylation sites (tertiary alicyclic amines) is 1. The summed E-state index contributed by atoms with van der Waals surface area (Å²) in [6.07, 6.45) is 8.10. The Balaban J connectivity index is 1.43. The smallest absolute Gasteiger partial charge is 0.259 e. The molecule has 0 saturated carbocycles. The number of rotatable bonds is 5. The van der Waals surface area contributed by atoms with Crippen LogP contribution in [0.1, 0.15) is 55.2 Å². The number of hydrogen-bond acceptors (Lipinski definition) is 7. The molecule has 7 nitrogen and oxygen atoms in total. The van der Waals surface area contributed by atoms with Crippen LogP contribution >= 0.6 is 11.3 Å². The van der Waals surface area contributed by atoms with Crippen molar-refractivity contribution in [3.05, 3.63) is 63.8 Å². The number of aryl methyl sites for hydroxylation is 2. The lowest BCUT2D eigenvalue weighted by molar-refractivity contribution is 0.255. The number of piperidine rings is 1. The number of hydrogen-bond donors (Lipinski definition) is 1. The van der Waals surface area contributed by atoms with Gasteiger partial charge in [-0.2, -0.15) is 0 Å². The normalized spacial score (nSPS) is 15.3. The molecule has 0 spiro atoms. The Labute approximate surface area is 209 Å². The van der Waals surface area contributed by atoms with Crippen molar-refractivity contribution in [2.75, 3.05) is 25.5 Å². The van der Waals surface area contributed by atoms with E-state index in [1.54, 1.807) is 15.9 Å². The molecular formula is C27H32N6OS. The van der Waals surface area contributed by atoms with Crippen LogP contribution in [0.3, 0.4) is 0 Å². The van der Waals surface area contributed by atoms with E-state index in [1.807, 2.05) is 44.7 Å². The first-order valence-corrected chi connectivity index (χ1v) is 13.0. The molecule has 1 aliphatic rings. The number of fused-ring (bicyclic) bond motifs is 1. The zero-order valence-corrected chi connectivity index (χ0v) is 21.8. The first-order valence-electron chi connectivity index (χ1n) is 12.2. The van der Waals surface area contributed by atoms with Gasteiger partial charge in [-0.3, -0.25) is 4.79 Å². The summed E-state index contributed by atoms with van der Waals surface area (Å²) in [6, 6.07) is 6.15. The minimum absolute atomic E-state index is 0.0193. The van der Waals surface area contributed by atoms with E-state index in [1.165, 1.54) is 24.0 Å². The fraction of sp³-hybridized carbons (Fsp3) is 0.407. The van der Waals surface area contributed by atoms with Crippen molar-refractivity contribution in [2.45, 2.75) is 45.4 Å². The van der Waals surface area contributed by atoms with Crippen LogP contribution in [0.4, 0.5) is 11.8 Å². The van der Waals surface area contributed by atoms with Crippen LogP contribution in [0.2, 0.25) is 0 Å². The monoisotopic (exact) mass is 488 g/mol. The quantitative estimate of drug-likeness (QED) is 0.403. The Hall–Kier alpha value is -3.10. The second-order valence-electron chi connectivity index (χ2n) is 9.91. The number of nitrogens with zero attached hydrogens (tertiary/aromatic N) is 5. The van der Waals surface area contributed by atoms with Crippen LogP contribution < -0.4 is 10.9 Å². The van der Waals surface area contributed by atoms with Gasteiger partial charge in [-0.05, 0) is 80.6 Å². The van der Waals surface area contributed by atoms with E-state index in [0.717, 1.165) is 45.1 Å². The molecule has 0 bridgehead atoms. The highest BCUT2D eigenvalue weighted by Crippen LogP contribution is 2.37. The molecule has 4 aromatic heterocycles. The van der Waals surface area contributed by atoms with E-state index in [0.29, 0.717) is 17.8 Å². The summed E-state index contributed by atoms with van der Waals surface area (Å²) in [5.74, 6) is 2.12. The fourth-order valence-corrected chi connectivity index (χ4v) is 6.10. The van der Waals surface area contributed by atoms with Gasteiger partial charge in [-0.25, -0.2) is 15.0 Å².